The van der Waals surface area contributed by atoms with E-state index >= 15 is 0 Å². The Bertz CT molecular complexity index is 424. The zero-order valence-electron chi connectivity index (χ0n) is 13.7. The standard InChI is InChI=1S/C16H28N2O2S/c1-6-18(11-16(4,5)20)10-14(19)17-15(12(2)3)13-8-7-9-21-13/h7-9,12,15,20H,6,10-11H2,1-5H3,(H,17,19). The minimum Gasteiger partial charge on any atom is -0.389 e. The molecule has 0 bridgehead atoms. The predicted molar refractivity (Wildman–Crippen MR) is 88.5 cm³/mol. The van der Waals surface area contributed by atoms with Crippen LogP contribution in [0.3, 0.4) is 0 Å². The van der Waals surface area contributed by atoms with Gasteiger partial charge in [0.2, 0.25) is 5.91 Å². The Kier molecular flexibility index (Phi) is 6.84. The molecule has 1 rings (SSSR count). The van der Waals surface area contributed by atoms with Crippen molar-refractivity contribution in [2.45, 2.75) is 46.3 Å². The van der Waals surface area contributed by atoms with Crippen molar-refractivity contribution >= 4 is 17.2 Å². The third kappa shape index (κ3) is 6.59. The second-order valence-corrected chi connectivity index (χ2v) is 7.40. The third-order valence-electron chi connectivity index (χ3n) is 3.26. The topological polar surface area (TPSA) is 52.6 Å². The fourth-order valence-electron chi connectivity index (χ4n) is 2.28. The van der Waals surface area contributed by atoms with Crippen molar-refractivity contribution in [3.05, 3.63) is 22.4 Å². The van der Waals surface area contributed by atoms with Crippen molar-refractivity contribution in [2.75, 3.05) is 19.6 Å². The smallest absolute Gasteiger partial charge is 0.234 e. The summed E-state index contributed by atoms with van der Waals surface area (Å²) in [6.07, 6.45) is 0. The highest BCUT2D eigenvalue weighted by Gasteiger charge is 2.22. The number of carbonyl (C=O) groups excluding carboxylic acids is 1. The number of hydrogen-bond donors (Lipinski definition) is 2. The zero-order valence-corrected chi connectivity index (χ0v) is 14.5. The summed E-state index contributed by atoms with van der Waals surface area (Å²) < 4.78 is 0. The molecule has 1 aromatic heterocycles. The first kappa shape index (κ1) is 18.1. The van der Waals surface area contributed by atoms with Gasteiger partial charge in [0.05, 0.1) is 18.2 Å². The lowest BCUT2D eigenvalue weighted by Gasteiger charge is -2.28. The van der Waals surface area contributed by atoms with Gasteiger partial charge in [0, 0.05) is 11.4 Å². The Balaban J connectivity index is 2.61. The van der Waals surface area contributed by atoms with Crippen LogP contribution in [0.1, 0.15) is 45.5 Å². The van der Waals surface area contributed by atoms with Gasteiger partial charge in [-0.15, -0.1) is 11.3 Å². The van der Waals surface area contributed by atoms with Crippen LogP contribution in [-0.4, -0.2) is 41.1 Å². The molecule has 2 N–H and O–H groups in total. The molecule has 21 heavy (non-hydrogen) atoms. The van der Waals surface area contributed by atoms with Crippen LogP contribution in [0.4, 0.5) is 0 Å². The highest BCUT2D eigenvalue weighted by molar-refractivity contribution is 7.10. The number of aliphatic hydroxyl groups is 1. The molecular weight excluding hydrogens is 284 g/mol. The Morgan fingerprint density at radius 3 is 2.57 bits per heavy atom. The molecule has 1 amide bonds. The number of hydrogen-bond acceptors (Lipinski definition) is 4. The third-order valence-corrected chi connectivity index (χ3v) is 4.21. The van der Waals surface area contributed by atoms with E-state index in [0.717, 1.165) is 6.54 Å². The first-order valence-corrected chi connectivity index (χ1v) is 8.38. The number of amides is 1. The molecule has 120 valence electrons. The Hall–Kier alpha value is -0.910. The summed E-state index contributed by atoms with van der Waals surface area (Å²) in [5, 5.41) is 15.0. The molecule has 0 spiro atoms. The summed E-state index contributed by atoms with van der Waals surface area (Å²) >= 11 is 1.67. The molecule has 1 atom stereocenters. The number of rotatable bonds is 8. The lowest BCUT2D eigenvalue weighted by Crippen LogP contribution is -2.45. The molecule has 0 aromatic carbocycles. The fraction of sp³-hybridized carbons (Fsp3) is 0.688. The van der Waals surface area contributed by atoms with E-state index in [9.17, 15) is 9.90 Å². The van der Waals surface area contributed by atoms with Crippen molar-refractivity contribution in [3.8, 4) is 0 Å². The first-order valence-electron chi connectivity index (χ1n) is 7.50. The SMILES string of the molecule is CCN(CC(=O)NC(c1cccs1)C(C)C)CC(C)(C)O. The Morgan fingerprint density at radius 2 is 2.14 bits per heavy atom. The number of nitrogens with zero attached hydrogens (tertiary/aromatic N) is 1. The molecule has 0 fully saturated rings. The molecular formula is C16H28N2O2S. The largest absolute Gasteiger partial charge is 0.389 e. The van der Waals surface area contributed by atoms with Gasteiger partial charge in [0.15, 0.2) is 0 Å². The summed E-state index contributed by atoms with van der Waals surface area (Å²) in [7, 11) is 0. The van der Waals surface area contributed by atoms with Crippen LogP contribution in [0.25, 0.3) is 0 Å². The first-order chi connectivity index (χ1) is 9.73. The van der Waals surface area contributed by atoms with Gasteiger partial charge >= 0.3 is 0 Å². The second kappa shape index (κ2) is 7.92. The van der Waals surface area contributed by atoms with Crippen LogP contribution in [0, 0.1) is 5.92 Å². The summed E-state index contributed by atoms with van der Waals surface area (Å²) in [5.74, 6) is 0.352. The normalized spacial score (nSPS) is 13.7. The molecule has 0 radical (unpaired) electrons. The molecule has 1 unspecified atom stereocenters. The van der Waals surface area contributed by atoms with E-state index in [1.807, 2.05) is 23.3 Å². The van der Waals surface area contributed by atoms with Crippen molar-refractivity contribution < 1.29 is 9.90 Å². The van der Waals surface area contributed by atoms with E-state index in [1.165, 1.54) is 4.88 Å². The molecule has 0 aliphatic heterocycles. The maximum atomic E-state index is 12.3. The lowest BCUT2D eigenvalue weighted by atomic mass is 10.0. The van der Waals surface area contributed by atoms with E-state index in [1.54, 1.807) is 25.2 Å². The molecule has 0 aliphatic rings. The summed E-state index contributed by atoms with van der Waals surface area (Å²) in [6, 6.07) is 4.12. The predicted octanol–water partition coefficient (Wildman–Crippen LogP) is 2.65. The summed E-state index contributed by atoms with van der Waals surface area (Å²) in [4.78, 5) is 15.4. The fourth-order valence-corrected chi connectivity index (χ4v) is 3.23. The van der Waals surface area contributed by atoms with Crippen LogP contribution in [0.15, 0.2) is 17.5 Å². The van der Waals surface area contributed by atoms with Crippen LogP contribution in [-0.2, 0) is 4.79 Å². The maximum Gasteiger partial charge on any atom is 0.234 e. The zero-order chi connectivity index (χ0) is 16.0. The van der Waals surface area contributed by atoms with Gasteiger partial charge in [-0.3, -0.25) is 9.69 Å². The van der Waals surface area contributed by atoms with E-state index in [0.29, 0.717) is 19.0 Å². The van der Waals surface area contributed by atoms with Gasteiger partial charge in [-0.05, 0) is 37.8 Å². The van der Waals surface area contributed by atoms with Crippen LogP contribution >= 0.6 is 11.3 Å². The van der Waals surface area contributed by atoms with E-state index in [-0.39, 0.29) is 11.9 Å². The highest BCUT2D eigenvalue weighted by atomic mass is 32.1. The average Bonchev–Trinajstić information content (AvgIpc) is 2.86. The van der Waals surface area contributed by atoms with E-state index in [4.69, 9.17) is 0 Å². The van der Waals surface area contributed by atoms with E-state index in [2.05, 4.69) is 25.2 Å². The molecule has 1 aromatic rings. The van der Waals surface area contributed by atoms with Gasteiger partial charge in [-0.2, -0.15) is 0 Å². The number of nitrogens with one attached hydrogen (secondary N) is 1. The summed E-state index contributed by atoms with van der Waals surface area (Å²) in [5.41, 5.74) is -0.790. The van der Waals surface area contributed by atoms with Crippen LogP contribution in [0.5, 0.6) is 0 Å². The Morgan fingerprint density at radius 1 is 1.48 bits per heavy atom. The molecule has 0 saturated carbocycles. The molecule has 4 nitrogen and oxygen atoms in total. The molecule has 0 aliphatic carbocycles. The summed E-state index contributed by atoms with van der Waals surface area (Å²) in [6.45, 7) is 11.3. The van der Waals surface area contributed by atoms with Gasteiger partial charge in [0.1, 0.15) is 0 Å². The Labute approximate surface area is 132 Å². The average molecular weight is 312 g/mol. The van der Waals surface area contributed by atoms with Crippen LogP contribution < -0.4 is 5.32 Å². The molecule has 0 saturated heterocycles. The molecule has 5 heteroatoms. The highest BCUT2D eigenvalue weighted by Crippen LogP contribution is 2.25. The minimum absolute atomic E-state index is 0.00759. The van der Waals surface area contributed by atoms with Gasteiger partial charge < -0.3 is 10.4 Å². The number of likely N-dealkylation sites (N-methyl/N-ethyl adjacent to an activating group) is 1. The van der Waals surface area contributed by atoms with Gasteiger partial charge in [0.25, 0.3) is 0 Å². The quantitative estimate of drug-likeness (QED) is 0.776. The van der Waals surface area contributed by atoms with Crippen molar-refractivity contribution in [3.63, 3.8) is 0 Å². The maximum absolute atomic E-state index is 12.3. The molecule has 1 heterocycles. The second-order valence-electron chi connectivity index (χ2n) is 6.42. The van der Waals surface area contributed by atoms with Crippen molar-refractivity contribution in [1.82, 2.24) is 10.2 Å². The number of thiophene rings is 1. The van der Waals surface area contributed by atoms with Gasteiger partial charge in [-0.25, -0.2) is 0 Å². The van der Waals surface area contributed by atoms with Crippen molar-refractivity contribution in [2.24, 2.45) is 5.92 Å². The monoisotopic (exact) mass is 312 g/mol. The van der Waals surface area contributed by atoms with Crippen molar-refractivity contribution in [1.29, 1.82) is 0 Å². The lowest BCUT2D eigenvalue weighted by molar-refractivity contribution is -0.123. The minimum atomic E-state index is -0.790. The van der Waals surface area contributed by atoms with Gasteiger partial charge in [-0.1, -0.05) is 26.8 Å². The number of carbonyl (C=O) groups is 1. The van der Waals surface area contributed by atoms with E-state index < -0.39 is 5.60 Å². The van der Waals surface area contributed by atoms with Crippen LogP contribution in [0.2, 0.25) is 0 Å².